The predicted octanol–water partition coefficient (Wildman–Crippen LogP) is 1.41. The summed E-state index contributed by atoms with van der Waals surface area (Å²) in [5, 5.41) is 0. The molecule has 0 atom stereocenters. The number of esters is 1. The van der Waals surface area contributed by atoms with Gasteiger partial charge in [0.05, 0.1) is 19.9 Å². The molecule has 1 heterocycles. The van der Waals surface area contributed by atoms with Crippen LogP contribution in [0.1, 0.15) is 17.4 Å². The molecule has 0 saturated heterocycles. The van der Waals surface area contributed by atoms with Crippen LogP contribution >= 0.6 is 0 Å². The molecule has 14 heavy (non-hydrogen) atoms. The van der Waals surface area contributed by atoms with Crippen LogP contribution in [0.2, 0.25) is 0 Å². The van der Waals surface area contributed by atoms with Crippen LogP contribution in [0.4, 0.5) is 4.39 Å². The molecule has 0 saturated carbocycles. The highest BCUT2D eigenvalue weighted by Gasteiger charge is 2.11. The van der Waals surface area contributed by atoms with Crippen LogP contribution < -0.4 is 4.74 Å². The van der Waals surface area contributed by atoms with Crippen LogP contribution in [0, 0.1) is 5.82 Å². The van der Waals surface area contributed by atoms with Gasteiger partial charge in [-0.3, -0.25) is 0 Å². The van der Waals surface area contributed by atoms with Gasteiger partial charge in [0.2, 0.25) is 0 Å². The SMILES string of the molecule is CCOC(=O)c1cc(F)c(OC)cn1. The van der Waals surface area contributed by atoms with Crippen LogP contribution in [-0.2, 0) is 4.74 Å². The van der Waals surface area contributed by atoms with E-state index in [1.165, 1.54) is 7.11 Å². The number of methoxy groups -OCH3 is 1. The number of hydrogen-bond acceptors (Lipinski definition) is 4. The average molecular weight is 199 g/mol. The second-order valence-corrected chi connectivity index (χ2v) is 2.42. The van der Waals surface area contributed by atoms with E-state index < -0.39 is 11.8 Å². The van der Waals surface area contributed by atoms with Gasteiger partial charge < -0.3 is 9.47 Å². The first-order chi connectivity index (χ1) is 6.69. The Labute approximate surface area is 80.7 Å². The first-order valence-corrected chi connectivity index (χ1v) is 4.05. The number of halogens is 1. The van der Waals surface area contributed by atoms with Crippen LogP contribution in [0.25, 0.3) is 0 Å². The lowest BCUT2D eigenvalue weighted by atomic mass is 10.3. The molecule has 4 nitrogen and oxygen atoms in total. The summed E-state index contributed by atoms with van der Waals surface area (Å²) in [7, 11) is 1.32. The molecular formula is C9H10FNO3. The van der Waals surface area contributed by atoms with Crippen molar-refractivity contribution in [3.63, 3.8) is 0 Å². The summed E-state index contributed by atoms with van der Waals surface area (Å²) >= 11 is 0. The zero-order valence-corrected chi connectivity index (χ0v) is 7.91. The average Bonchev–Trinajstić information content (AvgIpc) is 2.18. The number of nitrogens with zero attached hydrogens (tertiary/aromatic N) is 1. The fourth-order valence-electron chi connectivity index (χ4n) is 0.885. The number of rotatable bonds is 3. The van der Waals surface area contributed by atoms with Crippen LogP contribution in [0.15, 0.2) is 12.3 Å². The number of carbonyl (C=O) groups excluding carboxylic acids is 1. The third-order valence-electron chi connectivity index (χ3n) is 1.52. The summed E-state index contributed by atoms with van der Waals surface area (Å²) < 4.78 is 22.4. The maximum absolute atomic E-state index is 13.1. The number of pyridine rings is 1. The summed E-state index contributed by atoms with van der Waals surface area (Å²) in [6.45, 7) is 1.89. The topological polar surface area (TPSA) is 48.4 Å². The molecule has 1 aromatic heterocycles. The van der Waals surface area contributed by atoms with E-state index in [9.17, 15) is 9.18 Å². The second kappa shape index (κ2) is 4.55. The molecule has 0 spiro atoms. The van der Waals surface area contributed by atoms with Crippen LogP contribution in [-0.4, -0.2) is 24.7 Å². The molecule has 1 aromatic rings. The number of aromatic nitrogens is 1. The number of carbonyl (C=O) groups is 1. The smallest absolute Gasteiger partial charge is 0.357 e. The Kier molecular flexibility index (Phi) is 3.39. The van der Waals surface area contributed by atoms with Crippen molar-refractivity contribution in [3.8, 4) is 5.75 Å². The number of hydrogen-bond donors (Lipinski definition) is 0. The Hall–Kier alpha value is -1.65. The molecule has 0 unspecified atom stereocenters. The van der Waals surface area contributed by atoms with Crippen LogP contribution in [0.5, 0.6) is 5.75 Å². The summed E-state index contributed by atoms with van der Waals surface area (Å²) in [5.74, 6) is -1.28. The van der Waals surface area contributed by atoms with Gasteiger partial charge in [0.1, 0.15) is 0 Å². The third-order valence-corrected chi connectivity index (χ3v) is 1.52. The minimum Gasteiger partial charge on any atom is -0.492 e. The van der Waals surface area contributed by atoms with E-state index in [0.29, 0.717) is 0 Å². The summed E-state index contributed by atoms with van der Waals surface area (Å²) in [6.07, 6.45) is 1.14. The summed E-state index contributed by atoms with van der Waals surface area (Å²) in [6, 6.07) is 0.983. The molecule has 0 aliphatic carbocycles. The maximum Gasteiger partial charge on any atom is 0.357 e. The first kappa shape index (κ1) is 10.4. The Bertz CT molecular complexity index is 341. The molecule has 0 fully saturated rings. The van der Waals surface area contributed by atoms with Crippen molar-refractivity contribution >= 4 is 5.97 Å². The molecule has 0 aromatic carbocycles. The van der Waals surface area contributed by atoms with Gasteiger partial charge in [-0.1, -0.05) is 0 Å². The summed E-state index contributed by atoms with van der Waals surface area (Å²) in [5.41, 5.74) is -0.0647. The van der Waals surface area contributed by atoms with E-state index in [4.69, 9.17) is 0 Å². The van der Waals surface area contributed by atoms with Crippen molar-refractivity contribution in [1.29, 1.82) is 0 Å². The Morgan fingerprint density at radius 2 is 2.36 bits per heavy atom. The molecule has 76 valence electrons. The zero-order valence-electron chi connectivity index (χ0n) is 7.91. The van der Waals surface area contributed by atoms with Gasteiger partial charge in [0, 0.05) is 6.07 Å². The Morgan fingerprint density at radius 1 is 1.64 bits per heavy atom. The number of ether oxygens (including phenoxy) is 2. The monoisotopic (exact) mass is 199 g/mol. The zero-order chi connectivity index (χ0) is 10.6. The van der Waals surface area contributed by atoms with Gasteiger partial charge in [-0.2, -0.15) is 0 Å². The van der Waals surface area contributed by atoms with E-state index in [0.717, 1.165) is 12.3 Å². The minimum atomic E-state index is -0.644. The lowest BCUT2D eigenvalue weighted by Gasteiger charge is -2.03. The van der Waals surface area contributed by atoms with E-state index in [2.05, 4.69) is 14.5 Å². The first-order valence-electron chi connectivity index (χ1n) is 4.05. The maximum atomic E-state index is 13.1. The molecule has 0 N–H and O–H groups in total. The highest BCUT2D eigenvalue weighted by Crippen LogP contribution is 2.15. The Morgan fingerprint density at radius 3 is 2.86 bits per heavy atom. The quantitative estimate of drug-likeness (QED) is 0.690. The largest absolute Gasteiger partial charge is 0.492 e. The van der Waals surface area contributed by atoms with E-state index in [-0.39, 0.29) is 18.1 Å². The van der Waals surface area contributed by atoms with Crippen molar-refractivity contribution < 1.29 is 18.7 Å². The highest BCUT2D eigenvalue weighted by atomic mass is 19.1. The van der Waals surface area contributed by atoms with Crippen molar-refractivity contribution in [1.82, 2.24) is 4.98 Å². The van der Waals surface area contributed by atoms with Crippen molar-refractivity contribution in [3.05, 3.63) is 23.8 Å². The predicted molar refractivity (Wildman–Crippen MR) is 46.7 cm³/mol. The van der Waals surface area contributed by atoms with Gasteiger partial charge in [0.25, 0.3) is 0 Å². The highest BCUT2D eigenvalue weighted by molar-refractivity contribution is 5.87. The van der Waals surface area contributed by atoms with Crippen molar-refractivity contribution in [2.45, 2.75) is 6.92 Å². The fourth-order valence-corrected chi connectivity index (χ4v) is 0.885. The molecule has 0 radical (unpaired) electrons. The third kappa shape index (κ3) is 2.18. The fraction of sp³-hybridized carbons (Fsp3) is 0.333. The molecule has 0 aliphatic heterocycles. The molecule has 0 amide bonds. The molecular weight excluding hydrogens is 189 g/mol. The summed E-state index contributed by atoms with van der Waals surface area (Å²) in [4.78, 5) is 14.8. The van der Waals surface area contributed by atoms with Gasteiger partial charge in [-0.25, -0.2) is 14.2 Å². The van der Waals surface area contributed by atoms with E-state index >= 15 is 0 Å². The van der Waals surface area contributed by atoms with E-state index in [1.54, 1.807) is 6.92 Å². The van der Waals surface area contributed by atoms with Gasteiger partial charge in [0.15, 0.2) is 17.3 Å². The molecule has 5 heteroatoms. The molecule has 0 aliphatic rings. The second-order valence-electron chi connectivity index (χ2n) is 2.42. The normalized spacial score (nSPS) is 9.64. The minimum absolute atomic E-state index is 0.00181. The van der Waals surface area contributed by atoms with E-state index in [1.807, 2.05) is 0 Å². The standard InChI is InChI=1S/C9H10FNO3/c1-3-14-9(12)7-4-6(10)8(13-2)5-11-7/h4-5H,3H2,1-2H3. The molecule has 0 bridgehead atoms. The Balaban J connectivity index is 2.91. The lowest BCUT2D eigenvalue weighted by molar-refractivity contribution is 0.0518. The van der Waals surface area contributed by atoms with Gasteiger partial charge in [-0.05, 0) is 6.92 Å². The van der Waals surface area contributed by atoms with Crippen LogP contribution in [0.3, 0.4) is 0 Å². The lowest BCUT2D eigenvalue weighted by Crippen LogP contribution is -2.07. The molecule has 1 rings (SSSR count). The van der Waals surface area contributed by atoms with Gasteiger partial charge in [-0.15, -0.1) is 0 Å². The van der Waals surface area contributed by atoms with Crippen molar-refractivity contribution in [2.24, 2.45) is 0 Å². The van der Waals surface area contributed by atoms with Gasteiger partial charge >= 0.3 is 5.97 Å². The van der Waals surface area contributed by atoms with Crippen molar-refractivity contribution in [2.75, 3.05) is 13.7 Å².